The van der Waals surface area contributed by atoms with Crippen LogP contribution in [0.3, 0.4) is 0 Å². The molecule has 4 aromatic rings. The topological polar surface area (TPSA) is 79.7 Å². The molecule has 0 saturated carbocycles. The van der Waals surface area contributed by atoms with Crippen molar-refractivity contribution in [3.63, 3.8) is 0 Å². The molecule has 1 amide bonds. The minimum absolute atomic E-state index is 0.257. The van der Waals surface area contributed by atoms with E-state index in [0.717, 1.165) is 52.1 Å². The number of carbonyl (C=O) groups is 1. The maximum Gasteiger partial charge on any atom is 0.416 e. The quantitative estimate of drug-likeness (QED) is 0.272. The highest BCUT2D eigenvalue weighted by Crippen LogP contribution is 2.38. The predicted octanol–water partition coefficient (Wildman–Crippen LogP) is 5.70. The number of benzene rings is 2. The summed E-state index contributed by atoms with van der Waals surface area (Å²) in [6.07, 6.45) is -2.70. The summed E-state index contributed by atoms with van der Waals surface area (Å²) < 4.78 is 41.0. The van der Waals surface area contributed by atoms with Gasteiger partial charge in [-0.1, -0.05) is 36.1 Å². The van der Waals surface area contributed by atoms with Gasteiger partial charge in [-0.3, -0.25) is 9.69 Å². The van der Waals surface area contributed by atoms with E-state index < -0.39 is 11.7 Å². The zero-order chi connectivity index (χ0) is 25.6. The van der Waals surface area contributed by atoms with Crippen LogP contribution >= 0.6 is 24.0 Å². The number of anilines is 1. The SMILES string of the molecule is Cc1cc(/C=C2\SC(=S)N(c3ccc(C(F)(F)F)cc3)C2=O)c(C)n1-c1cccc(-c2nn[nH]n2)c1. The lowest BCUT2D eigenvalue weighted by Crippen LogP contribution is -2.27. The highest BCUT2D eigenvalue weighted by Gasteiger charge is 2.35. The van der Waals surface area contributed by atoms with Crippen molar-refractivity contribution in [3.05, 3.63) is 82.0 Å². The molecule has 1 fully saturated rings. The van der Waals surface area contributed by atoms with E-state index in [1.807, 2.05) is 48.7 Å². The van der Waals surface area contributed by atoms with E-state index in [9.17, 15) is 18.0 Å². The molecular weight excluding hydrogens is 509 g/mol. The minimum Gasteiger partial charge on any atom is -0.318 e. The number of H-pyrrole nitrogens is 1. The van der Waals surface area contributed by atoms with E-state index in [1.54, 1.807) is 6.08 Å². The van der Waals surface area contributed by atoms with Crippen LogP contribution in [0.25, 0.3) is 23.2 Å². The molecule has 36 heavy (non-hydrogen) atoms. The Kier molecular flexibility index (Phi) is 6.00. The van der Waals surface area contributed by atoms with Gasteiger partial charge in [0.25, 0.3) is 5.91 Å². The molecule has 12 heteroatoms. The molecule has 0 unspecified atom stereocenters. The van der Waals surface area contributed by atoms with Crippen LogP contribution in [0.1, 0.15) is 22.5 Å². The molecule has 1 saturated heterocycles. The van der Waals surface area contributed by atoms with E-state index in [1.165, 1.54) is 17.0 Å². The molecule has 182 valence electrons. The fraction of sp³-hybridized carbons (Fsp3) is 0.125. The monoisotopic (exact) mass is 526 g/mol. The molecule has 1 N–H and O–H groups in total. The van der Waals surface area contributed by atoms with Crippen LogP contribution in [0.2, 0.25) is 0 Å². The molecule has 1 aliphatic heterocycles. The Hall–Kier alpha value is -3.77. The van der Waals surface area contributed by atoms with Crippen molar-refractivity contribution < 1.29 is 18.0 Å². The van der Waals surface area contributed by atoms with Gasteiger partial charge in [-0.15, -0.1) is 10.2 Å². The number of hydrogen-bond donors (Lipinski definition) is 1. The second-order valence-electron chi connectivity index (χ2n) is 8.01. The van der Waals surface area contributed by atoms with E-state index in [0.29, 0.717) is 10.7 Å². The number of nitrogens with zero attached hydrogens (tertiary/aromatic N) is 5. The Morgan fingerprint density at radius 2 is 1.81 bits per heavy atom. The second kappa shape index (κ2) is 9.03. The van der Waals surface area contributed by atoms with Crippen LogP contribution in [0, 0.1) is 13.8 Å². The van der Waals surface area contributed by atoms with Gasteiger partial charge >= 0.3 is 6.18 Å². The van der Waals surface area contributed by atoms with Gasteiger partial charge in [0.2, 0.25) is 5.82 Å². The lowest BCUT2D eigenvalue weighted by molar-refractivity contribution is -0.137. The van der Waals surface area contributed by atoms with Crippen molar-refractivity contribution in [1.82, 2.24) is 25.2 Å². The fourth-order valence-corrected chi connectivity index (χ4v) is 5.32. The summed E-state index contributed by atoms with van der Waals surface area (Å²) in [4.78, 5) is 14.8. The lowest BCUT2D eigenvalue weighted by Gasteiger charge is -2.15. The molecule has 5 rings (SSSR count). The highest BCUT2D eigenvalue weighted by atomic mass is 32.2. The number of aryl methyl sites for hydroxylation is 1. The van der Waals surface area contributed by atoms with Gasteiger partial charge < -0.3 is 4.57 Å². The molecule has 3 heterocycles. The average molecular weight is 527 g/mol. The Balaban J connectivity index is 1.45. The van der Waals surface area contributed by atoms with Crippen LogP contribution in [0.5, 0.6) is 0 Å². The van der Waals surface area contributed by atoms with Crippen LogP contribution < -0.4 is 4.90 Å². The number of halogens is 3. The predicted molar refractivity (Wildman–Crippen MR) is 136 cm³/mol. The van der Waals surface area contributed by atoms with Crippen LogP contribution in [-0.2, 0) is 11.0 Å². The Morgan fingerprint density at radius 1 is 1.06 bits per heavy atom. The number of nitrogens with one attached hydrogen (secondary N) is 1. The third-order valence-corrected chi connectivity index (χ3v) is 7.01. The first kappa shape index (κ1) is 23.9. The maximum atomic E-state index is 13.1. The summed E-state index contributed by atoms with van der Waals surface area (Å²) in [6, 6.07) is 14.0. The van der Waals surface area contributed by atoms with Crippen molar-refractivity contribution in [1.29, 1.82) is 0 Å². The normalized spacial score (nSPS) is 15.4. The third-order valence-electron chi connectivity index (χ3n) is 5.71. The average Bonchev–Trinajstić information content (AvgIpc) is 3.53. The highest BCUT2D eigenvalue weighted by molar-refractivity contribution is 8.27. The Labute approximate surface area is 213 Å². The number of hydrogen-bond acceptors (Lipinski definition) is 6. The minimum atomic E-state index is -4.46. The number of aromatic amines is 1. The molecule has 1 aliphatic rings. The first-order chi connectivity index (χ1) is 17.1. The van der Waals surface area contributed by atoms with Gasteiger partial charge in [0, 0.05) is 22.6 Å². The molecular formula is C24H17F3N6OS2. The number of thioether (sulfide) groups is 1. The molecule has 2 aromatic carbocycles. The van der Waals surface area contributed by atoms with Gasteiger partial charge in [-0.05, 0) is 73.2 Å². The lowest BCUT2D eigenvalue weighted by atomic mass is 10.1. The maximum absolute atomic E-state index is 13.1. The number of thiocarbonyl (C=S) groups is 1. The first-order valence-corrected chi connectivity index (χ1v) is 11.8. The summed E-state index contributed by atoms with van der Waals surface area (Å²) in [6.45, 7) is 3.90. The smallest absolute Gasteiger partial charge is 0.318 e. The number of amides is 1. The molecule has 0 spiro atoms. The van der Waals surface area contributed by atoms with Crippen LogP contribution in [0.15, 0.2) is 59.5 Å². The second-order valence-corrected chi connectivity index (χ2v) is 9.69. The van der Waals surface area contributed by atoms with Gasteiger partial charge in [0.05, 0.1) is 16.2 Å². The largest absolute Gasteiger partial charge is 0.416 e. The molecule has 7 nitrogen and oxygen atoms in total. The van der Waals surface area contributed by atoms with Crippen LogP contribution in [0.4, 0.5) is 18.9 Å². The number of rotatable bonds is 4. The Morgan fingerprint density at radius 3 is 2.47 bits per heavy atom. The summed E-state index contributed by atoms with van der Waals surface area (Å²) in [7, 11) is 0. The van der Waals surface area contributed by atoms with Gasteiger partial charge in [0.15, 0.2) is 4.32 Å². The zero-order valence-corrected chi connectivity index (χ0v) is 20.5. The molecule has 0 radical (unpaired) electrons. The fourth-order valence-electron chi connectivity index (χ4n) is 4.03. The summed E-state index contributed by atoms with van der Waals surface area (Å²) in [5.41, 5.74) is 3.86. The van der Waals surface area contributed by atoms with Gasteiger partial charge in [-0.25, -0.2) is 0 Å². The molecule has 0 bridgehead atoms. The third kappa shape index (κ3) is 4.33. The number of carbonyl (C=O) groups excluding carboxylic acids is 1. The van der Waals surface area contributed by atoms with Crippen molar-refractivity contribution in [2.75, 3.05) is 4.90 Å². The summed E-state index contributed by atoms with van der Waals surface area (Å²) in [5.74, 6) is 0.0974. The van der Waals surface area contributed by atoms with E-state index in [-0.39, 0.29) is 15.9 Å². The Bertz CT molecular complexity index is 1510. The first-order valence-electron chi connectivity index (χ1n) is 10.6. The van der Waals surface area contributed by atoms with Crippen molar-refractivity contribution in [2.24, 2.45) is 0 Å². The summed E-state index contributed by atoms with van der Waals surface area (Å²) >= 11 is 6.49. The van der Waals surface area contributed by atoms with Gasteiger partial charge in [-0.2, -0.15) is 18.4 Å². The van der Waals surface area contributed by atoms with E-state index in [2.05, 4.69) is 20.6 Å². The van der Waals surface area contributed by atoms with E-state index >= 15 is 0 Å². The molecule has 2 aromatic heterocycles. The van der Waals surface area contributed by atoms with Gasteiger partial charge in [0.1, 0.15) is 0 Å². The van der Waals surface area contributed by atoms with Crippen molar-refractivity contribution >= 4 is 46.0 Å². The summed E-state index contributed by atoms with van der Waals surface area (Å²) in [5, 5.41) is 14.1. The van der Waals surface area contributed by atoms with E-state index in [4.69, 9.17) is 12.2 Å². The number of alkyl halides is 3. The van der Waals surface area contributed by atoms with Crippen LogP contribution in [-0.4, -0.2) is 35.4 Å². The number of aromatic nitrogens is 5. The zero-order valence-electron chi connectivity index (χ0n) is 18.9. The molecule has 0 atom stereocenters. The van der Waals surface area contributed by atoms with Crippen molar-refractivity contribution in [2.45, 2.75) is 20.0 Å². The van der Waals surface area contributed by atoms with Crippen molar-refractivity contribution in [3.8, 4) is 17.1 Å². The number of tetrazole rings is 1. The standard InChI is InChI=1S/C24H17F3N6OS2/c1-13-10-16(14(2)32(13)19-5-3-4-15(11-19)21-28-30-31-29-21)12-20-22(34)33(23(35)36-20)18-8-6-17(7-9-18)24(25,26)27/h3-12H,1-2H3,(H,28,29,30,31)/b20-12-. The molecule has 0 aliphatic carbocycles.